The number of hydrogen-bond donors (Lipinski definition) is 1. The van der Waals surface area contributed by atoms with Crippen molar-refractivity contribution in [1.29, 1.82) is 0 Å². The molecule has 1 unspecified atom stereocenters. The lowest BCUT2D eigenvalue weighted by atomic mass is 10.1. The van der Waals surface area contributed by atoms with Crippen LogP contribution in [0.15, 0.2) is 12.2 Å². The van der Waals surface area contributed by atoms with Crippen molar-refractivity contribution < 1.29 is 14.6 Å². The van der Waals surface area contributed by atoms with Gasteiger partial charge in [-0.25, -0.2) is 4.79 Å². The molecule has 0 aromatic carbocycles. The molecule has 1 atom stereocenters. The number of carbonyl (C=O) groups is 1. The maximum absolute atomic E-state index is 11.2. The maximum Gasteiger partial charge on any atom is 0.333 e. The Morgan fingerprint density at radius 2 is 2.14 bits per heavy atom. The molecule has 0 spiro atoms. The zero-order valence-corrected chi connectivity index (χ0v) is 9.08. The van der Waals surface area contributed by atoms with Gasteiger partial charge in [-0.1, -0.05) is 26.3 Å². The van der Waals surface area contributed by atoms with Gasteiger partial charge >= 0.3 is 5.97 Å². The van der Waals surface area contributed by atoms with Gasteiger partial charge in [0.1, 0.15) is 6.10 Å². The van der Waals surface area contributed by atoms with Crippen molar-refractivity contribution in [3.05, 3.63) is 12.2 Å². The molecule has 0 saturated heterocycles. The Labute approximate surface area is 85.8 Å². The molecule has 0 rings (SSSR count). The lowest BCUT2D eigenvalue weighted by molar-refractivity contribution is -0.145. The molecule has 0 aliphatic heterocycles. The van der Waals surface area contributed by atoms with Gasteiger partial charge in [0.15, 0.2) is 0 Å². The van der Waals surface area contributed by atoms with Crippen molar-refractivity contribution in [2.24, 2.45) is 0 Å². The van der Waals surface area contributed by atoms with Crippen molar-refractivity contribution in [3.8, 4) is 0 Å². The van der Waals surface area contributed by atoms with Crippen molar-refractivity contribution in [1.82, 2.24) is 0 Å². The SMILES string of the molecule is C=C(C)C(=O)OC(CCO)CCCC. The van der Waals surface area contributed by atoms with Gasteiger partial charge in [0.2, 0.25) is 0 Å². The first-order valence-corrected chi connectivity index (χ1v) is 5.09. The van der Waals surface area contributed by atoms with E-state index in [0.29, 0.717) is 12.0 Å². The van der Waals surface area contributed by atoms with Crippen molar-refractivity contribution in [3.63, 3.8) is 0 Å². The minimum absolute atomic E-state index is 0.0534. The lowest BCUT2D eigenvalue weighted by Gasteiger charge is -2.16. The topological polar surface area (TPSA) is 46.5 Å². The van der Waals surface area contributed by atoms with Crippen LogP contribution in [0.5, 0.6) is 0 Å². The van der Waals surface area contributed by atoms with Crippen LogP contribution in [0.25, 0.3) is 0 Å². The summed E-state index contributed by atoms with van der Waals surface area (Å²) in [6.45, 7) is 7.27. The highest BCUT2D eigenvalue weighted by Crippen LogP contribution is 2.10. The van der Waals surface area contributed by atoms with E-state index in [0.717, 1.165) is 19.3 Å². The summed E-state index contributed by atoms with van der Waals surface area (Å²) in [5.74, 6) is -0.362. The van der Waals surface area contributed by atoms with Gasteiger partial charge < -0.3 is 9.84 Å². The number of esters is 1. The highest BCUT2D eigenvalue weighted by Gasteiger charge is 2.13. The number of aliphatic hydroxyl groups is 1. The molecule has 3 nitrogen and oxygen atoms in total. The summed E-state index contributed by atoms with van der Waals surface area (Å²) in [4.78, 5) is 11.2. The Bertz CT molecular complexity index is 187. The van der Waals surface area contributed by atoms with Crippen LogP contribution in [0.2, 0.25) is 0 Å². The van der Waals surface area contributed by atoms with Crippen LogP contribution in [0.1, 0.15) is 39.5 Å². The monoisotopic (exact) mass is 200 g/mol. The van der Waals surface area contributed by atoms with E-state index < -0.39 is 0 Å². The summed E-state index contributed by atoms with van der Waals surface area (Å²) >= 11 is 0. The van der Waals surface area contributed by atoms with E-state index >= 15 is 0 Å². The number of aliphatic hydroxyl groups excluding tert-OH is 1. The predicted molar refractivity (Wildman–Crippen MR) is 55.9 cm³/mol. The molecule has 0 fully saturated rings. The van der Waals surface area contributed by atoms with E-state index in [1.165, 1.54) is 0 Å². The fourth-order valence-electron chi connectivity index (χ4n) is 1.09. The molecule has 0 saturated carbocycles. The van der Waals surface area contributed by atoms with Crippen LogP contribution < -0.4 is 0 Å². The largest absolute Gasteiger partial charge is 0.459 e. The molecule has 1 N–H and O–H groups in total. The first-order chi connectivity index (χ1) is 6.61. The summed E-state index contributed by atoms with van der Waals surface area (Å²) in [5.41, 5.74) is 0.407. The minimum atomic E-state index is -0.362. The van der Waals surface area contributed by atoms with Crippen molar-refractivity contribution in [2.75, 3.05) is 6.61 Å². The number of carbonyl (C=O) groups excluding carboxylic acids is 1. The Hall–Kier alpha value is -0.830. The second-order valence-corrected chi connectivity index (χ2v) is 3.46. The summed E-state index contributed by atoms with van der Waals surface area (Å²) in [7, 11) is 0. The van der Waals surface area contributed by atoms with Gasteiger partial charge in [-0.2, -0.15) is 0 Å². The molecular formula is C11H20O3. The molecule has 0 amide bonds. The highest BCUT2D eigenvalue weighted by molar-refractivity contribution is 5.87. The smallest absolute Gasteiger partial charge is 0.333 e. The van der Waals surface area contributed by atoms with Crippen LogP contribution in [0, 0.1) is 0 Å². The van der Waals surface area contributed by atoms with E-state index in [4.69, 9.17) is 9.84 Å². The Balaban J connectivity index is 3.94. The van der Waals surface area contributed by atoms with Crippen LogP contribution >= 0.6 is 0 Å². The van der Waals surface area contributed by atoms with Crippen LogP contribution in [0.3, 0.4) is 0 Å². The average Bonchev–Trinajstić information content (AvgIpc) is 2.14. The Morgan fingerprint density at radius 1 is 1.50 bits per heavy atom. The molecule has 82 valence electrons. The first kappa shape index (κ1) is 13.2. The fraction of sp³-hybridized carbons (Fsp3) is 0.727. The number of rotatable bonds is 7. The van der Waals surface area contributed by atoms with Gasteiger partial charge in [0, 0.05) is 18.6 Å². The normalized spacial score (nSPS) is 12.2. The van der Waals surface area contributed by atoms with E-state index in [1.807, 2.05) is 0 Å². The number of ether oxygens (including phenoxy) is 1. The molecular weight excluding hydrogens is 180 g/mol. The van der Waals surface area contributed by atoms with E-state index in [-0.39, 0.29) is 18.7 Å². The van der Waals surface area contributed by atoms with E-state index in [9.17, 15) is 4.79 Å². The molecule has 0 aromatic heterocycles. The lowest BCUT2D eigenvalue weighted by Crippen LogP contribution is -2.19. The molecule has 0 radical (unpaired) electrons. The zero-order valence-electron chi connectivity index (χ0n) is 9.08. The molecule has 0 bridgehead atoms. The van der Waals surface area contributed by atoms with Crippen LogP contribution in [-0.2, 0) is 9.53 Å². The van der Waals surface area contributed by atoms with Gasteiger partial charge in [0.05, 0.1) is 0 Å². The molecule has 0 aliphatic rings. The molecule has 0 aromatic rings. The summed E-state index contributed by atoms with van der Waals surface area (Å²) < 4.78 is 5.16. The summed E-state index contributed by atoms with van der Waals surface area (Å²) in [6.07, 6.45) is 3.24. The maximum atomic E-state index is 11.2. The van der Waals surface area contributed by atoms with Gasteiger partial charge in [-0.15, -0.1) is 0 Å². The zero-order chi connectivity index (χ0) is 11.0. The van der Waals surface area contributed by atoms with E-state index in [1.54, 1.807) is 6.92 Å². The second-order valence-electron chi connectivity index (χ2n) is 3.46. The first-order valence-electron chi connectivity index (χ1n) is 5.09. The van der Waals surface area contributed by atoms with Crippen LogP contribution in [-0.4, -0.2) is 23.8 Å². The van der Waals surface area contributed by atoms with Gasteiger partial charge in [-0.05, 0) is 13.3 Å². The average molecular weight is 200 g/mol. The second kappa shape index (κ2) is 7.56. The highest BCUT2D eigenvalue weighted by atomic mass is 16.5. The summed E-state index contributed by atoms with van der Waals surface area (Å²) in [6, 6.07) is 0. The van der Waals surface area contributed by atoms with E-state index in [2.05, 4.69) is 13.5 Å². The standard InChI is InChI=1S/C11H20O3/c1-4-5-6-10(7-8-12)14-11(13)9(2)3/h10,12H,2,4-8H2,1,3H3. The predicted octanol–water partition coefficient (Wildman–Crippen LogP) is 2.05. The molecule has 3 heteroatoms. The molecule has 0 aliphatic carbocycles. The fourth-order valence-corrected chi connectivity index (χ4v) is 1.09. The Kier molecular flexibility index (Phi) is 7.11. The Morgan fingerprint density at radius 3 is 2.57 bits per heavy atom. The van der Waals surface area contributed by atoms with Crippen molar-refractivity contribution >= 4 is 5.97 Å². The summed E-state index contributed by atoms with van der Waals surface area (Å²) in [5, 5.41) is 8.77. The van der Waals surface area contributed by atoms with Crippen LogP contribution in [0.4, 0.5) is 0 Å². The molecule has 0 heterocycles. The third kappa shape index (κ3) is 5.75. The molecule has 14 heavy (non-hydrogen) atoms. The third-order valence-electron chi connectivity index (χ3n) is 1.95. The quantitative estimate of drug-likeness (QED) is 0.505. The minimum Gasteiger partial charge on any atom is -0.459 e. The number of hydrogen-bond acceptors (Lipinski definition) is 3. The van der Waals surface area contributed by atoms with Gasteiger partial charge in [-0.3, -0.25) is 0 Å². The van der Waals surface area contributed by atoms with Crippen molar-refractivity contribution in [2.45, 2.75) is 45.6 Å². The third-order valence-corrected chi connectivity index (χ3v) is 1.95. The number of unbranched alkanes of at least 4 members (excludes halogenated alkanes) is 1. The van der Waals surface area contributed by atoms with Gasteiger partial charge in [0.25, 0.3) is 0 Å².